The maximum Gasteiger partial charge on any atom is 0.325 e. The lowest BCUT2D eigenvalue weighted by molar-refractivity contribution is -0.138. The molecule has 1 atom stereocenters. The van der Waals surface area contributed by atoms with Gasteiger partial charge in [-0.15, -0.1) is 0 Å². The highest BCUT2D eigenvalue weighted by Crippen LogP contribution is 2.25. The van der Waals surface area contributed by atoms with Crippen LogP contribution in [0.2, 0.25) is 0 Å². The minimum Gasteiger partial charge on any atom is -0.468 e. The molecule has 0 fully saturated rings. The van der Waals surface area contributed by atoms with Gasteiger partial charge in [0.15, 0.2) is 0 Å². The van der Waals surface area contributed by atoms with Crippen LogP contribution in [0.25, 0.3) is 0 Å². The Bertz CT molecular complexity index is 392. The van der Waals surface area contributed by atoms with Crippen LogP contribution in [0.3, 0.4) is 0 Å². The van der Waals surface area contributed by atoms with Crippen molar-refractivity contribution < 1.29 is 9.53 Å². The molecule has 0 saturated heterocycles. The van der Waals surface area contributed by atoms with Gasteiger partial charge < -0.3 is 15.4 Å². The van der Waals surface area contributed by atoms with Crippen LogP contribution in [0.15, 0.2) is 24.3 Å². The highest BCUT2D eigenvalue weighted by atomic mass is 16.5. The van der Waals surface area contributed by atoms with E-state index < -0.39 is 0 Å². The number of para-hydroxylation sites is 1. The summed E-state index contributed by atoms with van der Waals surface area (Å²) < 4.78 is 4.68. The highest BCUT2D eigenvalue weighted by Gasteiger charge is 2.23. The molecule has 1 aromatic rings. The number of hydrogen-bond donors (Lipinski definition) is 1. The second-order valence-electron chi connectivity index (χ2n) is 4.05. The summed E-state index contributed by atoms with van der Waals surface area (Å²) in [6, 6.07) is 8.12. The van der Waals surface area contributed by atoms with E-state index in [1.165, 1.54) is 12.7 Å². The van der Waals surface area contributed by atoms with Gasteiger partial charge >= 0.3 is 5.97 Å². The van der Waals surface area contributed by atoms with E-state index in [9.17, 15) is 4.79 Å². The lowest BCUT2D eigenvalue weighted by Gasteiger charge is -2.33. The fourth-order valence-corrected chi connectivity index (χ4v) is 2.09. The number of benzene rings is 1. The van der Waals surface area contributed by atoms with Crippen LogP contribution in [-0.2, 0) is 16.0 Å². The third kappa shape index (κ3) is 2.17. The number of rotatable bonds is 2. The van der Waals surface area contributed by atoms with Gasteiger partial charge in [0, 0.05) is 18.3 Å². The third-order valence-corrected chi connectivity index (χ3v) is 2.82. The van der Waals surface area contributed by atoms with Gasteiger partial charge in [-0.25, -0.2) is 0 Å². The van der Waals surface area contributed by atoms with Crippen LogP contribution in [0.4, 0.5) is 5.69 Å². The molecule has 4 nitrogen and oxygen atoms in total. The second kappa shape index (κ2) is 4.53. The molecular weight excluding hydrogens is 204 g/mol. The van der Waals surface area contributed by atoms with E-state index >= 15 is 0 Å². The Hall–Kier alpha value is -1.55. The largest absolute Gasteiger partial charge is 0.468 e. The summed E-state index contributed by atoms with van der Waals surface area (Å²) in [4.78, 5) is 13.3. The highest BCUT2D eigenvalue weighted by molar-refractivity contribution is 5.76. The molecule has 1 aliphatic heterocycles. The first-order valence-electron chi connectivity index (χ1n) is 5.36. The smallest absolute Gasteiger partial charge is 0.325 e. The molecular formula is C12H16N2O2. The molecule has 0 saturated carbocycles. The number of anilines is 1. The molecule has 2 N–H and O–H groups in total. The minimum absolute atomic E-state index is 0.0829. The number of carbonyl (C=O) groups is 1. The van der Waals surface area contributed by atoms with Crippen LogP contribution >= 0.6 is 0 Å². The number of nitrogens with two attached hydrogens (primary N) is 1. The fraction of sp³-hybridized carbons (Fsp3) is 0.417. The molecule has 4 heteroatoms. The molecule has 0 amide bonds. The summed E-state index contributed by atoms with van der Waals surface area (Å²) in [5.74, 6) is -0.232. The molecule has 1 unspecified atom stereocenters. The summed E-state index contributed by atoms with van der Waals surface area (Å²) in [7, 11) is 1.40. The molecule has 0 spiro atoms. The van der Waals surface area contributed by atoms with E-state index in [1.54, 1.807) is 0 Å². The fourth-order valence-electron chi connectivity index (χ4n) is 2.09. The Morgan fingerprint density at radius 3 is 3.06 bits per heavy atom. The molecule has 16 heavy (non-hydrogen) atoms. The number of esters is 1. The lowest BCUT2D eigenvalue weighted by atomic mass is 9.98. The first-order chi connectivity index (χ1) is 7.70. The van der Waals surface area contributed by atoms with Crippen molar-refractivity contribution in [2.45, 2.75) is 12.5 Å². The molecule has 0 bridgehead atoms. The summed E-state index contributed by atoms with van der Waals surface area (Å²) in [5, 5.41) is 0. The maximum atomic E-state index is 11.3. The molecule has 2 rings (SSSR count). The average molecular weight is 220 g/mol. The van der Waals surface area contributed by atoms with E-state index in [-0.39, 0.29) is 18.6 Å². The monoisotopic (exact) mass is 220 g/mol. The van der Waals surface area contributed by atoms with Crippen molar-refractivity contribution in [3.05, 3.63) is 29.8 Å². The Labute approximate surface area is 95.0 Å². The van der Waals surface area contributed by atoms with Crippen LogP contribution in [0.5, 0.6) is 0 Å². The SMILES string of the molecule is COC(=O)CN1CC(N)Cc2ccccc21. The van der Waals surface area contributed by atoms with Crippen molar-refractivity contribution in [1.29, 1.82) is 0 Å². The number of fused-ring (bicyclic) bond motifs is 1. The Balaban J connectivity index is 2.23. The topological polar surface area (TPSA) is 55.6 Å². The molecule has 0 aliphatic carbocycles. The molecule has 1 aliphatic rings. The molecule has 0 aromatic heterocycles. The van der Waals surface area contributed by atoms with E-state index in [2.05, 4.69) is 10.8 Å². The van der Waals surface area contributed by atoms with Crippen LogP contribution in [0.1, 0.15) is 5.56 Å². The van der Waals surface area contributed by atoms with Crippen LogP contribution < -0.4 is 10.6 Å². The van der Waals surface area contributed by atoms with Crippen molar-refractivity contribution in [2.75, 3.05) is 25.1 Å². The van der Waals surface area contributed by atoms with Gasteiger partial charge in [-0.05, 0) is 18.1 Å². The van der Waals surface area contributed by atoms with E-state index in [0.29, 0.717) is 6.54 Å². The number of ether oxygens (including phenoxy) is 1. The number of hydrogen-bond acceptors (Lipinski definition) is 4. The van der Waals surface area contributed by atoms with E-state index in [4.69, 9.17) is 5.73 Å². The van der Waals surface area contributed by atoms with Gasteiger partial charge in [-0.1, -0.05) is 18.2 Å². The van der Waals surface area contributed by atoms with Gasteiger partial charge in [0.1, 0.15) is 6.54 Å². The molecule has 1 heterocycles. The van der Waals surface area contributed by atoms with Gasteiger partial charge in [0.2, 0.25) is 0 Å². The van der Waals surface area contributed by atoms with Gasteiger partial charge in [-0.3, -0.25) is 4.79 Å². The standard InChI is InChI=1S/C12H16N2O2/c1-16-12(15)8-14-7-10(13)6-9-4-2-3-5-11(9)14/h2-5,10H,6-8,13H2,1H3. The molecule has 1 aromatic carbocycles. The van der Waals surface area contributed by atoms with Crippen molar-refractivity contribution in [1.82, 2.24) is 0 Å². The number of nitrogens with zero attached hydrogens (tertiary/aromatic N) is 1. The quantitative estimate of drug-likeness (QED) is 0.739. The minimum atomic E-state index is -0.232. The van der Waals surface area contributed by atoms with Gasteiger partial charge in [-0.2, -0.15) is 0 Å². The van der Waals surface area contributed by atoms with Crippen LogP contribution in [-0.4, -0.2) is 32.2 Å². The normalized spacial score (nSPS) is 19.1. The maximum absolute atomic E-state index is 11.3. The summed E-state index contributed by atoms with van der Waals surface area (Å²) in [6.07, 6.45) is 0.869. The zero-order valence-electron chi connectivity index (χ0n) is 9.35. The van der Waals surface area contributed by atoms with Gasteiger partial charge in [0.05, 0.1) is 7.11 Å². The summed E-state index contributed by atoms with van der Waals surface area (Å²) in [5.41, 5.74) is 8.25. The zero-order chi connectivity index (χ0) is 11.5. The summed E-state index contributed by atoms with van der Waals surface area (Å²) >= 11 is 0. The van der Waals surface area contributed by atoms with E-state index in [1.807, 2.05) is 23.1 Å². The van der Waals surface area contributed by atoms with Crippen molar-refractivity contribution in [3.63, 3.8) is 0 Å². The Kier molecular flexibility index (Phi) is 3.10. The first kappa shape index (κ1) is 11.0. The average Bonchev–Trinajstić information content (AvgIpc) is 2.28. The summed E-state index contributed by atoms with van der Waals surface area (Å²) in [6.45, 7) is 0.966. The molecule has 0 radical (unpaired) electrons. The zero-order valence-corrected chi connectivity index (χ0v) is 9.35. The number of methoxy groups -OCH3 is 1. The first-order valence-corrected chi connectivity index (χ1v) is 5.36. The molecule has 86 valence electrons. The van der Waals surface area contributed by atoms with Crippen molar-refractivity contribution >= 4 is 11.7 Å². The number of carbonyl (C=O) groups excluding carboxylic acids is 1. The third-order valence-electron chi connectivity index (χ3n) is 2.82. The van der Waals surface area contributed by atoms with Gasteiger partial charge in [0.25, 0.3) is 0 Å². The van der Waals surface area contributed by atoms with Crippen molar-refractivity contribution in [2.24, 2.45) is 5.73 Å². The van der Waals surface area contributed by atoms with Crippen molar-refractivity contribution in [3.8, 4) is 0 Å². The predicted molar refractivity (Wildman–Crippen MR) is 62.4 cm³/mol. The Morgan fingerprint density at radius 1 is 1.56 bits per heavy atom. The van der Waals surface area contributed by atoms with Crippen LogP contribution in [0, 0.1) is 0 Å². The predicted octanol–water partition coefficient (Wildman–Crippen LogP) is 0.549. The van der Waals surface area contributed by atoms with E-state index in [0.717, 1.165) is 12.1 Å². The Morgan fingerprint density at radius 2 is 2.31 bits per heavy atom. The second-order valence-corrected chi connectivity index (χ2v) is 4.05. The lowest BCUT2D eigenvalue weighted by Crippen LogP contribution is -2.45.